The van der Waals surface area contributed by atoms with Crippen molar-refractivity contribution < 1.29 is 19.4 Å². The van der Waals surface area contributed by atoms with E-state index in [9.17, 15) is 24.2 Å². The van der Waals surface area contributed by atoms with Gasteiger partial charge < -0.3 is 20.5 Å². The van der Waals surface area contributed by atoms with Crippen LogP contribution < -0.4 is 16.2 Å². The Morgan fingerprint density at radius 2 is 1.94 bits per heavy atom. The number of carboxylic acids is 1. The molecule has 1 fully saturated rings. The zero-order valence-electron chi connectivity index (χ0n) is 19.8. The molecule has 2 aliphatic rings. The molecule has 5 N–H and O–H groups in total. The van der Waals surface area contributed by atoms with E-state index in [2.05, 4.69) is 15.6 Å². The second-order valence-electron chi connectivity index (χ2n) is 9.37. The van der Waals surface area contributed by atoms with E-state index >= 15 is 0 Å². The molecule has 0 radical (unpaired) electrons. The van der Waals surface area contributed by atoms with E-state index < -0.39 is 23.6 Å². The third-order valence-electron chi connectivity index (χ3n) is 6.98. The number of aromatic amines is 1. The Kier molecular flexibility index (Phi) is 8.00. The molecule has 9 heteroatoms. The fourth-order valence-electron chi connectivity index (χ4n) is 5.21. The Hall–Kier alpha value is -3.01. The Labute approximate surface area is 203 Å². The number of halogens is 1. The summed E-state index contributed by atoms with van der Waals surface area (Å²) < 4.78 is 14.0. The highest BCUT2D eigenvalue weighted by molar-refractivity contribution is 5.90. The molecule has 0 aliphatic heterocycles. The molecule has 0 spiro atoms. The van der Waals surface area contributed by atoms with Gasteiger partial charge in [-0.3, -0.25) is 19.8 Å². The van der Waals surface area contributed by atoms with Gasteiger partial charge in [0.15, 0.2) is 0 Å². The van der Waals surface area contributed by atoms with Gasteiger partial charge in [-0.1, -0.05) is 43.6 Å². The fourth-order valence-corrected chi connectivity index (χ4v) is 5.21. The van der Waals surface area contributed by atoms with Crippen LogP contribution in [0.15, 0.2) is 47.3 Å². The second kappa shape index (κ2) is 11.2. The maximum Gasteiger partial charge on any atom is 0.317 e. The van der Waals surface area contributed by atoms with Gasteiger partial charge in [0.25, 0.3) is 5.56 Å². The lowest BCUT2D eigenvalue weighted by atomic mass is 9.90. The predicted molar refractivity (Wildman–Crippen MR) is 134 cm³/mol. The number of rotatable bonds is 9. The summed E-state index contributed by atoms with van der Waals surface area (Å²) in [6, 6.07) is 4.01. The number of aliphatic carboxylic acids is 1. The summed E-state index contributed by atoms with van der Waals surface area (Å²) in [5, 5.41) is 26.9. The zero-order chi connectivity index (χ0) is 24.9. The number of nitrogens with one attached hydrogen (secondary N) is 3. The molecule has 0 saturated heterocycles. The SMILES string of the molecule is CNc1cc(F)cc2cc(C(O)NC3C=CC=CC3CN(CC(=O)O)C3CCCCC3)c(=O)[nH]c12. The molecule has 1 saturated carbocycles. The zero-order valence-corrected chi connectivity index (χ0v) is 19.8. The molecule has 0 bridgehead atoms. The van der Waals surface area contributed by atoms with Gasteiger partial charge in [-0.25, -0.2) is 4.39 Å². The van der Waals surface area contributed by atoms with Gasteiger partial charge in [0.1, 0.15) is 12.0 Å². The molecule has 2 aromatic rings. The molecular weight excluding hydrogens is 451 g/mol. The number of aliphatic hydroxyl groups is 1. The standard InChI is InChI=1S/C26H33FN4O4/c1-28-22-13-18(27)11-17-12-20(26(35)30-24(17)22)25(34)29-21-10-6-5-7-16(21)14-31(15-23(32)33)19-8-3-2-4-9-19/h5-7,10-13,16,19,21,25,28-29,34H,2-4,8-9,14-15H2,1H3,(H,30,35)(H,32,33). The molecule has 35 heavy (non-hydrogen) atoms. The Morgan fingerprint density at radius 3 is 2.66 bits per heavy atom. The topological polar surface area (TPSA) is 118 Å². The van der Waals surface area contributed by atoms with Crippen LogP contribution in [0.4, 0.5) is 10.1 Å². The number of allylic oxidation sites excluding steroid dienone is 2. The van der Waals surface area contributed by atoms with E-state index in [1.54, 1.807) is 7.05 Å². The maximum atomic E-state index is 14.0. The molecule has 0 amide bonds. The van der Waals surface area contributed by atoms with Gasteiger partial charge >= 0.3 is 5.97 Å². The van der Waals surface area contributed by atoms with Crippen molar-refractivity contribution in [3.8, 4) is 0 Å². The van der Waals surface area contributed by atoms with Crippen LogP contribution in [0, 0.1) is 11.7 Å². The Morgan fingerprint density at radius 1 is 1.20 bits per heavy atom. The number of benzene rings is 1. The molecule has 3 atom stereocenters. The Balaban J connectivity index is 1.54. The normalized spacial score (nSPS) is 21.5. The number of hydrogen-bond donors (Lipinski definition) is 5. The molecular formula is C26H33FN4O4. The summed E-state index contributed by atoms with van der Waals surface area (Å²) in [4.78, 5) is 29.1. The number of aliphatic hydroxyl groups excluding tert-OH is 1. The molecule has 3 unspecified atom stereocenters. The highest BCUT2D eigenvalue weighted by Gasteiger charge is 2.29. The first kappa shape index (κ1) is 25.1. The first-order chi connectivity index (χ1) is 16.9. The molecule has 1 aromatic heterocycles. The molecule has 1 aromatic carbocycles. The van der Waals surface area contributed by atoms with Gasteiger partial charge in [-0.2, -0.15) is 0 Å². The van der Waals surface area contributed by atoms with E-state index in [1.807, 2.05) is 29.2 Å². The Bertz CT molecular complexity index is 1170. The number of carbonyl (C=O) groups is 1. The number of pyridine rings is 1. The van der Waals surface area contributed by atoms with Crippen LogP contribution in [0.2, 0.25) is 0 Å². The number of nitrogens with zero attached hydrogens (tertiary/aromatic N) is 1. The molecule has 8 nitrogen and oxygen atoms in total. The quantitative estimate of drug-likeness (QED) is 0.347. The molecule has 2 aliphatic carbocycles. The van der Waals surface area contributed by atoms with Crippen molar-refractivity contribution in [3.63, 3.8) is 0 Å². The summed E-state index contributed by atoms with van der Waals surface area (Å²) in [5.74, 6) is -1.40. The van der Waals surface area contributed by atoms with Crippen LogP contribution in [-0.4, -0.2) is 58.3 Å². The highest BCUT2D eigenvalue weighted by Crippen LogP contribution is 2.27. The molecule has 1 heterocycles. The van der Waals surface area contributed by atoms with Crippen LogP contribution in [0.1, 0.15) is 43.9 Å². The minimum absolute atomic E-state index is 0.0301. The lowest BCUT2D eigenvalue weighted by molar-refractivity contribution is -0.139. The summed E-state index contributed by atoms with van der Waals surface area (Å²) >= 11 is 0. The van der Waals surface area contributed by atoms with E-state index in [1.165, 1.54) is 24.6 Å². The van der Waals surface area contributed by atoms with Gasteiger partial charge in [-0.05, 0) is 31.0 Å². The number of anilines is 1. The van der Waals surface area contributed by atoms with E-state index in [-0.39, 0.29) is 30.1 Å². The summed E-state index contributed by atoms with van der Waals surface area (Å²) in [5.41, 5.74) is 0.529. The van der Waals surface area contributed by atoms with E-state index in [0.29, 0.717) is 23.1 Å². The van der Waals surface area contributed by atoms with Crippen molar-refractivity contribution in [2.24, 2.45) is 5.92 Å². The summed E-state index contributed by atoms with van der Waals surface area (Å²) in [6.07, 6.45) is 11.7. The van der Waals surface area contributed by atoms with Crippen LogP contribution in [-0.2, 0) is 4.79 Å². The number of carboxylic acid groups (broad SMARTS) is 1. The van der Waals surface area contributed by atoms with Crippen molar-refractivity contribution in [3.05, 3.63) is 64.2 Å². The number of hydrogen-bond acceptors (Lipinski definition) is 6. The minimum Gasteiger partial charge on any atom is -0.480 e. The highest BCUT2D eigenvalue weighted by atomic mass is 19.1. The van der Waals surface area contributed by atoms with Crippen molar-refractivity contribution in [1.82, 2.24) is 15.2 Å². The average molecular weight is 485 g/mol. The van der Waals surface area contributed by atoms with Crippen LogP contribution in [0.25, 0.3) is 10.9 Å². The van der Waals surface area contributed by atoms with Crippen molar-refractivity contribution in [2.75, 3.05) is 25.5 Å². The van der Waals surface area contributed by atoms with E-state index in [4.69, 9.17) is 0 Å². The second-order valence-corrected chi connectivity index (χ2v) is 9.37. The lowest BCUT2D eigenvalue weighted by Crippen LogP contribution is -2.48. The van der Waals surface area contributed by atoms with Gasteiger partial charge in [0.05, 0.1) is 23.3 Å². The average Bonchev–Trinajstić information content (AvgIpc) is 2.84. The first-order valence-corrected chi connectivity index (χ1v) is 12.1. The smallest absolute Gasteiger partial charge is 0.317 e. The van der Waals surface area contributed by atoms with E-state index in [0.717, 1.165) is 25.7 Å². The van der Waals surface area contributed by atoms with Gasteiger partial charge in [0, 0.05) is 37.0 Å². The fraction of sp³-hybridized carbons (Fsp3) is 0.462. The van der Waals surface area contributed by atoms with Crippen LogP contribution in [0.3, 0.4) is 0 Å². The number of aromatic nitrogens is 1. The number of fused-ring (bicyclic) bond motifs is 1. The summed E-state index contributed by atoms with van der Waals surface area (Å²) in [7, 11) is 1.64. The van der Waals surface area contributed by atoms with Crippen LogP contribution >= 0.6 is 0 Å². The van der Waals surface area contributed by atoms with Gasteiger partial charge in [0.2, 0.25) is 0 Å². The minimum atomic E-state index is -1.30. The van der Waals surface area contributed by atoms with Crippen LogP contribution in [0.5, 0.6) is 0 Å². The van der Waals surface area contributed by atoms with Crippen molar-refractivity contribution >= 4 is 22.6 Å². The van der Waals surface area contributed by atoms with Gasteiger partial charge in [-0.15, -0.1) is 0 Å². The largest absolute Gasteiger partial charge is 0.480 e. The third-order valence-corrected chi connectivity index (χ3v) is 6.98. The third kappa shape index (κ3) is 5.98. The lowest BCUT2D eigenvalue weighted by Gasteiger charge is -2.37. The number of H-pyrrole nitrogens is 1. The first-order valence-electron chi connectivity index (χ1n) is 12.1. The molecule has 4 rings (SSSR count). The monoisotopic (exact) mass is 484 g/mol. The maximum absolute atomic E-state index is 14.0. The molecule has 188 valence electrons. The summed E-state index contributed by atoms with van der Waals surface area (Å²) in [6.45, 7) is 0.491. The van der Waals surface area contributed by atoms with Crippen molar-refractivity contribution in [1.29, 1.82) is 0 Å². The predicted octanol–water partition coefficient (Wildman–Crippen LogP) is 3.12. The van der Waals surface area contributed by atoms with Crippen molar-refractivity contribution in [2.45, 2.75) is 50.4 Å².